The Hall–Kier alpha value is -2.67. The molecule has 2 aromatic heterocycles. The quantitative estimate of drug-likeness (QED) is 0.649. The van der Waals surface area contributed by atoms with Gasteiger partial charge in [0, 0.05) is 38.9 Å². The van der Waals surface area contributed by atoms with Crippen LogP contribution in [0.4, 0.5) is 5.82 Å². The van der Waals surface area contributed by atoms with Crippen molar-refractivity contribution in [2.24, 2.45) is 0 Å². The van der Waals surface area contributed by atoms with Gasteiger partial charge in [0.2, 0.25) is 0 Å². The van der Waals surface area contributed by atoms with E-state index < -0.39 is 0 Å². The molecule has 0 unspecified atom stereocenters. The highest BCUT2D eigenvalue weighted by Gasteiger charge is 2.17. The number of imidazole rings is 1. The Kier molecular flexibility index (Phi) is 5.48. The molecule has 4 rings (SSSR count). The standard InChI is InChI=1S/C20H26N6O/c27-20-23-17-6-2-3-7-18(17)26(20)11-5-1-4-10-24-12-14-25(15-13-24)19-8-9-21-16-22-19/h2-3,6-9,16H,1,4-5,10-15H2,(H,23,27). The molecule has 3 heterocycles. The number of rotatable bonds is 7. The van der Waals surface area contributed by atoms with Crippen LogP contribution in [0.1, 0.15) is 19.3 Å². The molecule has 7 nitrogen and oxygen atoms in total. The van der Waals surface area contributed by atoms with E-state index in [0.717, 1.165) is 69.0 Å². The summed E-state index contributed by atoms with van der Waals surface area (Å²) >= 11 is 0. The summed E-state index contributed by atoms with van der Waals surface area (Å²) in [5, 5.41) is 0. The van der Waals surface area contributed by atoms with Gasteiger partial charge >= 0.3 is 5.69 Å². The van der Waals surface area contributed by atoms with Crippen LogP contribution < -0.4 is 10.6 Å². The number of H-pyrrole nitrogens is 1. The Balaban J connectivity index is 1.18. The van der Waals surface area contributed by atoms with Gasteiger partial charge in [-0.25, -0.2) is 14.8 Å². The third-order valence-corrected chi connectivity index (χ3v) is 5.30. The summed E-state index contributed by atoms with van der Waals surface area (Å²) in [7, 11) is 0. The lowest BCUT2D eigenvalue weighted by Gasteiger charge is -2.35. The maximum Gasteiger partial charge on any atom is 0.326 e. The zero-order chi connectivity index (χ0) is 18.5. The smallest absolute Gasteiger partial charge is 0.326 e. The zero-order valence-corrected chi connectivity index (χ0v) is 15.5. The van der Waals surface area contributed by atoms with E-state index in [1.807, 2.05) is 34.9 Å². The maximum atomic E-state index is 12.1. The summed E-state index contributed by atoms with van der Waals surface area (Å²) in [4.78, 5) is 28.2. The summed E-state index contributed by atoms with van der Waals surface area (Å²) in [5.41, 5.74) is 1.92. The van der Waals surface area contributed by atoms with Gasteiger partial charge in [0.25, 0.3) is 0 Å². The molecule has 1 fully saturated rings. The average molecular weight is 366 g/mol. The summed E-state index contributed by atoms with van der Waals surface area (Å²) in [5.74, 6) is 1.02. The third kappa shape index (κ3) is 4.19. The first-order chi connectivity index (χ1) is 13.3. The molecule has 1 saturated heterocycles. The average Bonchev–Trinajstić information content (AvgIpc) is 3.04. The van der Waals surface area contributed by atoms with Crippen LogP contribution in [0.3, 0.4) is 0 Å². The van der Waals surface area contributed by atoms with E-state index >= 15 is 0 Å². The number of hydrogen-bond donors (Lipinski definition) is 1. The van der Waals surface area contributed by atoms with Gasteiger partial charge in [-0.15, -0.1) is 0 Å². The Morgan fingerprint density at radius 2 is 1.78 bits per heavy atom. The van der Waals surface area contributed by atoms with E-state index in [1.54, 1.807) is 12.5 Å². The number of para-hydroxylation sites is 2. The topological polar surface area (TPSA) is 70.1 Å². The first-order valence-electron chi connectivity index (χ1n) is 9.72. The molecule has 142 valence electrons. The fourth-order valence-electron chi connectivity index (χ4n) is 3.78. The minimum absolute atomic E-state index is 0.00274. The number of aromatic nitrogens is 4. The van der Waals surface area contributed by atoms with Crippen LogP contribution in [0.5, 0.6) is 0 Å². The Labute approximate surface area is 158 Å². The van der Waals surface area contributed by atoms with Gasteiger partial charge in [0.05, 0.1) is 11.0 Å². The van der Waals surface area contributed by atoms with Gasteiger partial charge in [-0.05, 0) is 37.6 Å². The van der Waals surface area contributed by atoms with Gasteiger partial charge in [-0.2, -0.15) is 0 Å². The number of hydrogen-bond acceptors (Lipinski definition) is 5. The van der Waals surface area contributed by atoms with E-state index in [0.29, 0.717) is 0 Å². The van der Waals surface area contributed by atoms with Crippen LogP contribution in [-0.4, -0.2) is 57.1 Å². The SMILES string of the molecule is O=c1[nH]c2ccccc2n1CCCCCN1CCN(c2ccncn2)CC1. The minimum atomic E-state index is -0.00274. The van der Waals surface area contributed by atoms with Crippen molar-refractivity contribution in [1.82, 2.24) is 24.4 Å². The molecule has 0 spiro atoms. The maximum absolute atomic E-state index is 12.1. The molecule has 0 atom stereocenters. The van der Waals surface area contributed by atoms with E-state index in [9.17, 15) is 4.79 Å². The molecular weight excluding hydrogens is 340 g/mol. The largest absolute Gasteiger partial charge is 0.354 e. The lowest BCUT2D eigenvalue weighted by molar-refractivity contribution is 0.251. The number of nitrogens with zero attached hydrogens (tertiary/aromatic N) is 5. The van der Waals surface area contributed by atoms with Crippen LogP contribution in [0.25, 0.3) is 11.0 Å². The molecule has 0 bridgehead atoms. The number of fused-ring (bicyclic) bond motifs is 1. The van der Waals surface area contributed by atoms with Crippen molar-refractivity contribution in [3.8, 4) is 0 Å². The highest BCUT2D eigenvalue weighted by molar-refractivity contribution is 5.74. The molecule has 0 radical (unpaired) electrons. The van der Waals surface area contributed by atoms with Crippen molar-refractivity contribution >= 4 is 16.9 Å². The Morgan fingerprint density at radius 1 is 0.963 bits per heavy atom. The zero-order valence-electron chi connectivity index (χ0n) is 15.5. The van der Waals surface area contributed by atoms with E-state index in [4.69, 9.17) is 0 Å². The summed E-state index contributed by atoms with van der Waals surface area (Å²) in [6.07, 6.45) is 6.75. The molecule has 3 aromatic rings. The third-order valence-electron chi connectivity index (χ3n) is 5.30. The second kappa shape index (κ2) is 8.35. The van der Waals surface area contributed by atoms with Gasteiger partial charge in [0.15, 0.2) is 0 Å². The number of piperazine rings is 1. The molecule has 1 N–H and O–H groups in total. The predicted molar refractivity (Wildman–Crippen MR) is 107 cm³/mol. The summed E-state index contributed by atoms with van der Waals surface area (Å²) in [6, 6.07) is 9.86. The monoisotopic (exact) mass is 366 g/mol. The second-order valence-corrected chi connectivity index (χ2v) is 7.06. The molecule has 7 heteroatoms. The van der Waals surface area contributed by atoms with Crippen molar-refractivity contribution in [3.63, 3.8) is 0 Å². The Bertz CT molecular complexity index is 911. The predicted octanol–water partition coefficient (Wildman–Crippen LogP) is 2.11. The van der Waals surface area contributed by atoms with Crippen LogP contribution in [-0.2, 0) is 6.54 Å². The van der Waals surface area contributed by atoms with Crippen molar-refractivity contribution in [2.75, 3.05) is 37.6 Å². The second-order valence-electron chi connectivity index (χ2n) is 7.06. The molecule has 0 aliphatic carbocycles. The molecule has 1 aromatic carbocycles. The number of benzene rings is 1. The van der Waals surface area contributed by atoms with Gasteiger partial charge in [0.1, 0.15) is 12.1 Å². The molecule has 1 aliphatic rings. The summed E-state index contributed by atoms with van der Waals surface area (Å²) in [6.45, 7) is 6.09. The first-order valence-corrected chi connectivity index (χ1v) is 9.72. The van der Waals surface area contributed by atoms with Crippen LogP contribution in [0, 0.1) is 0 Å². The molecule has 27 heavy (non-hydrogen) atoms. The van der Waals surface area contributed by atoms with E-state index in [2.05, 4.69) is 24.8 Å². The van der Waals surface area contributed by atoms with Gasteiger partial charge in [-0.3, -0.25) is 9.47 Å². The lowest BCUT2D eigenvalue weighted by atomic mass is 10.2. The number of anilines is 1. The highest BCUT2D eigenvalue weighted by Crippen LogP contribution is 2.13. The van der Waals surface area contributed by atoms with Crippen LogP contribution in [0.15, 0.2) is 47.7 Å². The molecule has 0 saturated carbocycles. The van der Waals surface area contributed by atoms with Crippen LogP contribution in [0.2, 0.25) is 0 Å². The van der Waals surface area contributed by atoms with Crippen molar-refractivity contribution in [3.05, 3.63) is 53.3 Å². The fraction of sp³-hybridized carbons (Fsp3) is 0.450. The van der Waals surface area contributed by atoms with Crippen molar-refractivity contribution in [1.29, 1.82) is 0 Å². The first kappa shape index (κ1) is 17.7. The minimum Gasteiger partial charge on any atom is -0.354 e. The number of aryl methyl sites for hydroxylation is 1. The molecule has 1 aliphatic heterocycles. The highest BCUT2D eigenvalue weighted by atomic mass is 16.1. The Morgan fingerprint density at radius 3 is 2.59 bits per heavy atom. The number of unbranched alkanes of at least 4 members (excludes halogenated alkanes) is 2. The molecule has 0 amide bonds. The fourth-order valence-corrected chi connectivity index (χ4v) is 3.78. The number of aromatic amines is 1. The van der Waals surface area contributed by atoms with E-state index in [-0.39, 0.29) is 5.69 Å². The van der Waals surface area contributed by atoms with Crippen LogP contribution >= 0.6 is 0 Å². The normalized spacial score (nSPS) is 15.5. The van der Waals surface area contributed by atoms with Crippen molar-refractivity contribution in [2.45, 2.75) is 25.8 Å². The van der Waals surface area contributed by atoms with Crippen molar-refractivity contribution < 1.29 is 0 Å². The summed E-state index contributed by atoms with van der Waals surface area (Å²) < 4.78 is 1.86. The van der Waals surface area contributed by atoms with Gasteiger partial charge in [-0.1, -0.05) is 18.6 Å². The van der Waals surface area contributed by atoms with Gasteiger partial charge < -0.3 is 9.88 Å². The van der Waals surface area contributed by atoms with E-state index in [1.165, 1.54) is 6.42 Å². The number of nitrogens with one attached hydrogen (secondary N) is 1. The lowest BCUT2D eigenvalue weighted by Crippen LogP contribution is -2.46. The molecular formula is C20H26N6O.